The lowest BCUT2D eigenvalue weighted by atomic mass is 9.32. The van der Waals surface area contributed by atoms with Gasteiger partial charge in [0.05, 0.1) is 5.69 Å². The van der Waals surface area contributed by atoms with Gasteiger partial charge in [0.15, 0.2) is 0 Å². The maximum atomic E-state index is 2.70. The van der Waals surface area contributed by atoms with E-state index in [0.29, 0.717) is 0 Å². The number of hydrogen-bond donors (Lipinski definition) is 0. The van der Waals surface area contributed by atoms with Crippen molar-refractivity contribution < 1.29 is 0 Å². The Kier molecular flexibility index (Phi) is 8.06. The Morgan fingerprint density at radius 2 is 1.02 bits per heavy atom. The summed E-state index contributed by atoms with van der Waals surface area (Å²) >= 11 is 1.91. The zero-order valence-corrected chi connectivity index (χ0v) is 39.4. The van der Waals surface area contributed by atoms with Crippen molar-refractivity contribution in [2.75, 3.05) is 9.80 Å². The Morgan fingerprint density at radius 1 is 0.460 bits per heavy atom. The molecule has 4 heteroatoms. The van der Waals surface area contributed by atoms with Gasteiger partial charge in [0.1, 0.15) is 0 Å². The summed E-state index contributed by atoms with van der Waals surface area (Å²) in [5, 5.41) is 2.68. The Morgan fingerprint density at radius 3 is 1.68 bits per heavy atom. The first-order chi connectivity index (χ1) is 30.0. The first-order valence-electron chi connectivity index (χ1n) is 23.2. The molecule has 0 saturated carbocycles. The fourth-order valence-corrected chi connectivity index (χ4v) is 13.9. The maximum absolute atomic E-state index is 2.70. The lowest BCUT2D eigenvalue weighted by molar-refractivity contribution is 0.332. The van der Waals surface area contributed by atoms with Crippen molar-refractivity contribution in [1.29, 1.82) is 0 Å². The van der Waals surface area contributed by atoms with Crippen molar-refractivity contribution in [1.82, 2.24) is 0 Å². The molecule has 0 atom stereocenters. The number of nitrogens with zero attached hydrogens (tertiary/aromatic N) is 2. The average Bonchev–Trinajstić information content (AvgIpc) is 3.72. The fourth-order valence-electron chi connectivity index (χ4n) is 12.8. The Bertz CT molecular complexity index is 3260. The first kappa shape index (κ1) is 39.0. The van der Waals surface area contributed by atoms with Gasteiger partial charge in [0.2, 0.25) is 0 Å². The Labute approximate surface area is 378 Å². The third-order valence-corrected chi connectivity index (χ3v) is 17.0. The van der Waals surface area contributed by atoms with E-state index < -0.39 is 0 Å². The van der Waals surface area contributed by atoms with Crippen molar-refractivity contribution in [3.8, 4) is 11.1 Å². The summed E-state index contributed by atoms with van der Waals surface area (Å²) in [6, 6.07) is 49.7. The summed E-state index contributed by atoms with van der Waals surface area (Å²) in [5.74, 6) is 0. The zero-order chi connectivity index (χ0) is 43.5. The lowest BCUT2D eigenvalue weighted by Gasteiger charge is -2.48. The molecular formula is C59H57BN2S. The molecule has 0 N–H and O–H groups in total. The quantitative estimate of drug-likeness (QED) is 0.164. The predicted molar refractivity (Wildman–Crippen MR) is 274 cm³/mol. The highest BCUT2D eigenvalue weighted by molar-refractivity contribution is 7.26. The van der Waals surface area contributed by atoms with Crippen LogP contribution >= 0.6 is 11.3 Å². The molecule has 63 heavy (non-hydrogen) atoms. The van der Waals surface area contributed by atoms with Crippen LogP contribution in [0.4, 0.5) is 34.1 Å². The molecular weight excluding hydrogens is 780 g/mol. The molecule has 2 nitrogen and oxygen atoms in total. The van der Waals surface area contributed by atoms with E-state index in [1.807, 2.05) is 11.3 Å². The van der Waals surface area contributed by atoms with E-state index in [2.05, 4.69) is 206 Å². The van der Waals surface area contributed by atoms with E-state index in [1.165, 1.54) is 128 Å². The summed E-state index contributed by atoms with van der Waals surface area (Å²) in [6.45, 7) is 24.5. The van der Waals surface area contributed by atoms with Crippen molar-refractivity contribution in [2.45, 2.75) is 110 Å². The maximum Gasteiger partial charge on any atom is 0.252 e. The van der Waals surface area contributed by atoms with Gasteiger partial charge in [-0.05, 0) is 164 Å². The van der Waals surface area contributed by atoms with E-state index in [9.17, 15) is 0 Å². The van der Waals surface area contributed by atoms with Gasteiger partial charge < -0.3 is 9.80 Å². The summed E-state index contributed by atoms with van der Waals surface area (Å²) in [5.41, 5.74) is 23.3. The van der Waals surface area contributed by atoms with Gasteiger partial charge in [-0.2, -0.15) is 0 Å². The summed E-state index contributed by atoms with van der Waals surface area (Å²) in [4.78, 5) is 5.38. The Hall–Kier alpha value is -5.58. The van der Waals surface area contributed by atoms with Gasteiger partial charge in [0, 0.05) is 48.6 Å². The van der Waals surface area contributed by atoms with Crippen LogP contribution < -0.4 is 26.2 Å². The minimum atomic E-state index is 0.0520. The van der Waals surface area contributed by atoms with Crippen LogP contribution in [0.2, 0.25) is 0 Å². The minimum Gasteiger partial charge on any atom is -0.311 e. The monoisotopic (exact) mass is 836 g/mol. The molecule has 3 heterocycles. The average molecular weight is 837 g/mol. The first-order valence-corrected chi connectivity index (χ1v) is 24.0. The molecule has 0 amide bonds. The number of benzene rings is 7. The van der Waals surface area contributed by atoms with E-state index in [4.69, 9.17) is 0 Å². The molecule has 0 radical (unpaired) electrons. The van der Waals surface area contributed by atoms with Gasteiger partial charge in [-0.1, -0.05) is 134 Å². The number of thiophene rings is 1. The molecule has 0 unspecified atom stereocenters. The summed E-state index contributed by atoms with van der Waals surface area (Å²) in [7, 11) is 0. The molecule has 0 spiro atoms. The molecule has 1 aromatic heterocycles. The molecule has 0 fully saturated rings. The van der Waals surface area contributed by atoms with Gasteiger partial charge in [-0.15, -0.1) is 11.3 Å². The van der Waals surface area contributed by atoms with Crippen LogP contribution in [0.3, 0.4) is 0 Å². The van der Waals surface area contributed by atoms with Crippen LogP contribution in [-0.2, 0) is 21.7 Å². The second kappa shape index (κ2) is 13.0. The van der Waals surface area contributed by atoms with Gasteiger partial charge in [-0.3, -0.25) is 0 Å². The number of anilines is 6. The van der Waals surface area contributed by atoms with Crippen LogP contribution in [0.1, 0.15) is 108 Å². The molecule has 7 aromatic carbocycles. The molecule has 2 aliphatic heterocycles. The molecule has 312 valence electrons. The third-order valence-electron chi connectivity index (χ3n) is 15.8. The minimum absolute atomic E-state index is 0.0520. The number of hydrogen-bond acceptors (Lipinski definition) is 3. The smallest absolute Gasteiger partial charge is 0.252 e. The van der Waals surface area contributed by atoms with Crippen LogP contribution in [0, 0.1) is 13.8 Å². The normalized spacial score (nSPS) is 18.2. The van der Waals surface area contributed by atoms with E-state index >= 15 is 0 Å². The second-order valence-corrected chi connectivity index (χ2v) is 23.1. The standard InChI is InChI=1S/C59H57BN2S/c1-35-27-50-55-51(28-35)62(47-29-38(24-23-36(47)2)37-17-12-11-13-18-37)49-33-43-41(58(7,8)34-59(43,9)10)31-45(49)60(55)44-30-40-42(57(5,6)26-25-56(40,3)4)32-48(44)61(50)46-20-16-22-53-54(46)39-19-14-15-21-52(39)63-53/h11-24,27-33H,25-26,34H2,1-10H3. The molecule has 12 rings (SSSR count). The highest BCUT2D eigenvalue weighted by Gasteiger charge is 2.50. The molecule has 0 saturated heterocycles. The van der Waals surface area contributed by atoms with E-state index in [0.717, 1.165) is 6.42 Å². The van der Waals surface area contributed by atoms with Crippen molar-refractivity contribution in [3.63, 3.8) is 0 Å². The summed E-state index contributed by atoms with van der Waals surface area (Å²) < 4.78 is 2.67. The molecule has 0 bridgehead atoms. The number of fused-ring (bicyclic) bond motifs is 9. The highest BCUT2D eigenvalue weighted by Crippen LogP contribution is 2.55. The van der Waals surface area contributed by atoms with Gasteiger partial charge in [0.25, 0.3) is 6.71 Å². The van der Waals surface area contributed by atoms with Gasteiger partial charge in [-0.25, -0.2) is 0 Å². The largest absolute Gasteiger partial charge is 0.311 e. The molecule has 4 aliphatic rings. The fraction of sp³-hybridized carbons (Fsp3) is 0.288. The predicted octanol–water partition coefficient (Wildman–Crippen LogP) is 14.7. The van der Waals surface area contributed by atoms with Crippen LogP contribution in [0.5, 0.6) is 0 Å². The second-order valence-electron chi connectivity index (χ2n) is 22.1. The van der Waals surface area contributed by atoms with E-state index in [1.54, 1.807) is 0 Å². The van der Waals surface area contributed by atoms with Crippen LogP contribution in [0.25, 0.3) is 31.3 Å². The SMILES string of the molecule is Cc1cc2c3c(c1)N(c1cccc4sc5ccccc5c14)c1cc4c(cc1B3c1cc3c(cc1N2c1cc(-c2ccccc2)ccc1C)C(C)(C)CC3(C)C)C(C)(C)CCC4(C)C. The van der Waals surface area contributed by atoms with Crippen molar-refractivity contribution >= 4 is 88.7 Å². The Balaban J connectivity index is 1.24. The van der Waals surface area contributed by atoms with Crippen molar-refractivity contribution in [2.24, 2.45) is 0 Å². The van der Waals surface area contributed by atoms with Crippen LogP contribution in [0.15, 0.2) is 127 Å². The number of rotatable bonds is 3. The molecule has 8 aromatic rings. The van der Waals surface area contributed by atoms with Gasteiger partial charge >= 0.3 is 0 Å². The zero-order valence-electron chi connectivity index (χ0n) is 38.6. The topological polar surface area (TPSA) is 6.48 Å². The highest BCUT2D eigenvalue weighted by atomic mass is 32.1. The molecule has 2 aliphatic carbocycles. The van der Waals surface area contributed by atoms with E-state index in [-0.39, 0.29) is 28.4 Å². The lowest BCUT2D eigenvalue weighted by Crippen LogP contribution is -2.62. The summed E-state index contributed by atoms with van der Waals surface area (Å²) in [6.07, 6.45) is 3.48. The van der Waals surface area contributed by atoms with Crippen LogP contribution in [-0.4, -0.2) is 6.71 Å². The third kappa shape index (κ3) is 5.56. The van der Waals surface area contributed by atoms with Crippen molar-refractivity contribution in [3.05, 3.63) is 161 Å². The number of aryl methyl sites for hydroxylation is 2.